The van der Waals surface area contributed by atoms with E-state index < -0.39 is 0 Å². The summed E-state index contributed by atoms with van der Waals surface area (Å²) in [5.41, 5.74) is 0. The van der Waals surface area contributed by atoms with Gasteiger partial charge in [0.1, 0.15) is 0 Å². The monoisotopic (exact) mass is 328 g/mol. The molecule has 2 heterocycles. The number of anilines is 1. The summed E-state index contributed by atoms with van der Waals surface area (Å²) in [4.78, 5) is 30.2. The number of piperidine rings is 1. The van der Waals surface area contributed by atoms with Crippen LogP contribution in [-0.4, -0.2) is 45.4 Å². The molecule has 1 aromatic heterocycles. The van der Waals surface area contributed by atoms with E-state index in [1.54, 1.807) is 0 Å². The number of likely N-dealkylation sites (tertiary alicyclic amines) is 1. The van der Waals surface area contributed by atoms with Crippen LogP contribution in [0.1, 0.15) is 32.6 Å². The summed E-state index contributed by atoms with van der Waals surface area (Å²) in [5.74, 6) is -0.0652. The van der Waals surface area contributed by atoms with Gasteiger partial charge in [0.15, 0.2) is 0 Å². The molecule has 1 atom stereocenters. The molecule has 2 amide bonds. The molecule has 1 aliphatic rings. The number of thioether (sulfide) groups is 1. The van der Waals surface area contributed by atoms with Gasteiger partial charge in [-0.1, -0.05) is 18.7 Å². The Morgan fingerprint density at radius 1 is 1.52 bits per heavy atom. The predicted molar refractivity (Wildman–Crippen MR) is 84.5 cm³/mol. The molecule has 2 rings (SSSR count). The number of nitrogens with zero attached hydrogens (tertiary/aromatic N) is 3. The van der Waals surface area contributed by atoms with Crippen molar-refractivity contribution in [3.8, 4) is 0 Å². The van der Waals surface area contributed by atoms with Crippen molar-refractivity contribution < 1.29 is 9.59 Å². The fourth-order valence-electron chi connectivity index (χ4n) is 2.34. The molecule has 1 N–H and O–H groups in total. The van der Waals surface area contributed by atoms with Crippen LogP contribution in [0.3, 0.4) is 0 Å². The zero-order valence-electron chi connectivity index (χ0n) is 12.3. The van der Waals surface area contributed by atoms with Crippen LogP contribution in [0.15, 0.2) is 5.16 Å². The molecule has 8 heteroatoms. The van der Waals surface area contributed by atoms with Gasteiger partial charge in [0.05, 0.1) is 5.92 Å². The molecule has 1 aromatic rings. The van der Waals surface area contributed by atoms with Crippen molar-refractivity contribution in [3.63, 3.8) is 0 Å². The van der Waals surface area contributed by atoms with Gasteiger partial charge in [-0.15, -0.1) is 0 Å². The van der Waals surface area contributed by atoms with Crippen LogP contribution in [0.2, 0.25) is 0 Å². The first-order valence-corrected chi connectivity index (χ1v) is 9.10. The fourth-order valence-corrected chi connectivity index (χ4v) is 3.47. The number of aromatic nitrogens is 2. The lowest BCUT2D eigenvalue weighted by atomic mass is 9.97. The highest BCUT2D eigenvalue weighted by atomic mass is 32.2. The topological polar surface area (TPSA) is 75.2 Å². The lowest BCUT2D eigenvalue weighted by Gasteiger charge is -2.31. The van der Waals surface area contributed by atoms with Gasteiger partial charge in [0.2, 0.25) is 22.1 Å². The van der Waals surface area contributed by atoms with Gasteiger partial charge in [-0.3, -0.25) is 9.59 Å². The smallest absolute Gasteiger partial charge is 0.231 e. The Bertz CT molecular complexity index is 506. The van der Waals surface area contributed by atoms with E-state index in [1.807, 2.05) is 18.1 Å². The molecule has 0 spiro atoms. The molecular formula is C13H20N4O2S2. The standard InChI is InChI=1S/C13H20N4O2S2/c1-3-5-10(18)17-7-4-6-9(8-17)11(19)14-12-15-13(20-2)16-21-12/h9H,3-8H2,1-2H3,(H,14,15,16,19)/t9-/m1/s1. The second kappa shape index (κ2) is 7.74. The third-order valence-corrected chi connectivity index (χ3v) is 4.72. The van der Waals surface area contributed by atoms with Crippen molar-refractivity contribution in [2.24, 2.45) is 5.92 Å². The minimum atomic E-state index is -0.152. The first kappa shape index (κ1) is 16.2. The summed E-state index contributed by atoms with van der Waals surface area (Å²) in [6.45, 7) is 3.27. The second-order valence-corrected chi connectivity index (χ2v) is 6.53. The van der Waals surface area contributed by atoms with Gasteiger partial charge in [-0.2, -0.15) is 9.36 Å². The minimum Gasteiger partial charge on any atom is -0.342 e. The molecule has 0 aliphatic carbocycles. The third-order valence-electron chi connectivity index (χ3n) is 3.43. The molecule has 1 aliphatic heterocycles. The summed E-state index contributed by atoms with van der Waals surface area (Å²) in [7, 11) is 0. The molecule has 116 valence electrons. The molecular weight excluding hydrogens is 308 g/mol. The van der Waals surface area contributed by atoms with Gasteiger partial charge >= 0.3 is 0 Å². The SMILES string of the molecule is CCCC(=O)N1CCC[C@@H](C(=O)Nc2nc(SC)ns2)C1. The number of carbonyl (C=O) groups is 2. The first-order chi connectivity index (χ1) is 10.1. The van der Waals surface area contributed by atoms with E-state index in [0.717, 1.165) is 25.8 Å². The van der Waals surface area contributed by atoms with E-state index in [0.29, 0.717) is 23.3 Å². The van der Waals surface area contributed by atoms with Crippen LogP contribution in [0.5, 0.6) is 0 Å². The maximum Gasteiger partial charge on any atom is 0.231 e. The molecule has 0 bridgehead atoms. The Kier molecular flexibility index (Phi) is 5.98. The van der Waals surface area contributed by atoms with E-state index in [-0.39, 0.29) is 17.7 Å². The molecule has 0 unspecified atom stereocenters. The second-order valence-electron chi connectivity index (χ2n) is 5.00. The average molecular weight is 328 g/mol. The summed E-state index contributed by atoms with van der Waals surface area (Å²) >= 11 is 2.63. The Balaban J connectivity index is 1.91. The van der Waals surface area contributed by atoms with Gasteiger partial charge in [0.25, 0.3) is 0 Å². The molecule has 6 nitrogen and oxygen atoms in total. The maximum absolute atomic E-state index is 12.3. The van der Waals surface area contributed by atoms with Crippen LogP contribution in [0.25, 0.3) is 0 Å². The van der Waals surface area contributed by atoms with E-state index in [1.165, 1.54) is 23.3 Å². The number of hydrogen-bond acceptors (Lipinski definition) is 6. The molecule has 0 aromatic carbocycles. The lowest BCUT2D eigenvalue weighted by molar-refractivity contribution is -0.134. The largest absolute Gasteiger partial charge is 0.342 e. The minimum absolute atomic E-state index is 0.0622. The van der Waals surface area contributed by atoms with Crippen molar-refractivity contribution in [2.75, 3.05) is 24.7 Å². The fraction of sp³-hybridized carbons (Fsp3) is 0.692. The number of amides is 2. The number of hydrogen-bond donors (Lipinski definition) is 1. The zero-order chi connectivity index (χ0) is 15.2. The third kappa shape index (κ3) is 4.41. The van der Waals surface area contributed by atoms with Crippen LogP contribution < -0.4 is 5.32 Å². The summed E-state index contributed by atoms with van der Waals surface area (Å²) in [6.07, 6.45) is 4.98. The number of carbonyl (C=O) groups excluding carboxylic acids is 2. The Hall–Kier alpha value is -1.15. The molecule has 21 heavy (non-hydrogen) atoms. The van der Waals surface area contributed by atoms with Crippen LogP contribution in [-0.2, 0) is 9.59 Å². The van der Waals surface area contributed by atoms with Crippen molar-refractivity contribution in [2.45, 2.75) is 37.8 Å². The van der Waals surface area contributed by atoms with Crippen molar-refractivity contribution >= 4 is 40.2 Å². The number of rotatable bonds is 5. The Morgan fingerprint density at radius 2 is 2.33 bits per heavy atom. The van der Waals surface area contributed by atoms with Crippen LogP contribution in [0.4, 0.5) is 5.13 Å². The quantitative estimate of drug-likeness (QED) is 0.839. The first-order valence-electron chi connectivity index (χ1n) is 7.10. The summed E-state index contributed by atoms with van der Waals surface area (Å²) in [6, 6.07) is 0. The zero-order valence-corrected chi connectivity index (χ0v) is 13.9. The van der Waals surface area contributed by atoms with Crippen LogP contribution in [0, 0.1) is 5.92 Å². The van der Waals surface area contributed by atoms with Gasteiger partial charge in [-0.05, 0) is 25.5 Å². The van der Waals surface area contributed by atoms with E-state index >= 15 is 0 Å². The summed E-state index contributed by atoms with van der Waals surface area (Å²) in [5, 5.41) is 4.01. The van der Waals surface area contributed by atoms with Gasteiger partial charge < -0.3 is 10.2 Å². The molecule has 1 fully saturated rings. The lowest BCUT2D eigenvalue weighted by Crippen LogP contribution is -2.43. The van der Waals surface area contributed by atoms with Crippen LogP contribution >= 0.6 is 23.3 Å². The molecule has 1 saturated heterocycles. The van der Waals surface area contributed by atoms with E-state index in [4.69, 9.17) is 0 Å². The van der Waals surface area contributed by atoms with Crippen molar-refractivity contribution in [3.05, 3.63) is 0 Å². The van der Waals surface area contributed by atoms with Gasteiger partial charge in [-0.25, -0.2) is 0 Å². The number of nitrogens with one attached hydrogen (secondary N) is 1. The summed E-state index contributed by atoms with van der Waals surface area (Å²) < 4.78 is 4.11. The van der Waals surface area contributed by atoms with Crippen molar-refractivity contribution in [1.29, 1.82) is 0 Å². The highest BCUT2D eigenvalue weighted by Gasteiger charge is 2.28. The highest BCUT2D eigenvalue weighted by molar-refractivity contribution is 7.98. The highest BCUT2D eigenvalue weighted by Crippen LogP contribution is 2.22. The van der Waals surface area contributed by atoms with E-state index in [2.05, 4.69) is 14.7 Å². The maximum atomic E-state index is 12.3. The van der Waals surface area contributed by atoms with Crippen molar-refractivity contribution in [1.82, 2.24) is 14.3 Å². The molecule has 0 radical (unpaired) electrons. The Labute approximate surface area is 132 Å². The van der Waals surface area contributed by atoms with Gasteiger partial charge in [0, 0.05) is 31.0 Å². The van der Waals surface area contributed by atoms with E-state index in [9.17, 15) is 9.59 Å². The molecule has 0 saturated carbocycles. The average Bonchev–Trinajstić information content (AvgIpc) is 2.95. The Morgan fingerprint density at radius 3 is 3.00 bits per heavy atom. The normalized spacial score (nSPS) is 18.6. The predicted octanol–water partition coefficient (Wildman–Crippen LogP) is 2.24.